The lowest BCUT2D eigenvalue weighted by atomic mass is 9.83. The zero-order chi connectivity index (χ0) is 14.2. The second-order valence-electron chi connectivity index (χ2n) is 6.67. The van der Waals surface area contributed by atoms with Crippen molar-refractivity contribution in [2.45, 2.75) is 63.7 Å². The number of rotatable bonds is 1. The van der Waals surface area contributed by atoms with E-state index in [0.29, 0.717) is 0 Å². The Morgan fingerprint density at radius 1 is 0.952 bits per heavy atom. The number of halogens is 1. The van der Waals surface area contributed by atoms with Crippen LogP contribution < -0.4 is 0 Å². The first-order valence-electron chi connectivity index (χ1n) is 8.44. The van der Waals surface area contributed by atoms with E-state index in [4.69, 9.17) is 16.6 Å². The maximum absolute atomic E-state index is 6.73. The lowest BCUT2D eigenvalue weighted by Crippen LogP contribution is -2.08. The van der Waals surface area contributed by atoms with Gasteiger partial charge in [-0.2, -0.15) is 0 Å². The summed E-state index contributed by atoms with van der Waals surface area (Å²) in [4.78, 5) is 4.88. The maximum Gasteiger partial charge on any atom is 0.0720 e. The second-order valence-corrected chi connectivity index (χ2v) is 7.05. The molecule has 2 aliphatic rings. The Labute approximate surface area is 131 Å². The Morgan fingerprint density at radius 3 is 2.62 bits per heavy atom. The molecule has 110 valence electrons. The molecule has 21 heavy (non-hydrogen) atoms. The highest BCUT2D eigenvalue weighted by Gasteiger charge is 2.19. The molecule has 1 aromatic heterocycles. The molecule has 0 amide bonds. The largest absolute Gasteiger partial charge is 0.252 e. The first-order valence-corrected chi connectivity index (χ1v) is 8.81. The van der Waals surface area contributed by atoms with Crippen LogP contribution in [0.15, 0.2) is 18.2 Å². The third-order valence-electron chi connectivity index (χ3n) is 5.29. The van der Waals surface area contributed by atoms with E-state index in [1.54, 1.807) is 0 Å². The van der Waals surface area contributed by atoms with Crippen molar-refractivity contribution in [3.8, 4) is 0 Å². The van der Waals surface area contributed by atoms with Gasteiger partial charge >= 0.3 is 0 Å². The van der Waals surface area contributed by atoms with Crippen LogP contribution in [0.25, 0.3) is 10.9 Å². The summed E-state index contributed by atoms with van der Waals surface area (Å²) in [5.41, 5.74) is 5.11. The van der Waals surface area contributed by atoms with Crippen LogP contribution in [0.3, 0.4) is 0 Å². The predicted molar refractivity (Wildman–Crippen MR) is 89.2 cm³/mol. The molecule has 0 spiro atoms. The Balaban J connectivity index is 1.81. The summed E-state index contributed by atoms with van der Waals surface area (Å²) in [6.45, 7) is 0. The molecule has 1 aromatic carbocycles. The Kier molecular flexibility index (Phi) is 3.62. The number of aromatic nitrogens is 1. The maximum atomic E-state index is 6.73. The predicted octanol–water partition coefficient (Wildman–Crippen LogP) is 5.81. The summed E-state index contributed by atoms with van der Waals surface area (Å²) in [5, 5.41) is 2.16. The molecular formula is C19H22ClN. The van der Waals surface area contributed by atoms with Gasteiger partial charge < -0.3 is 0 Å². The van der Waals surface area contributed by atoms with Gasteiger partial charge in [-0.1, -0.05) is 36.9 Å². The molecule has 0 bridgehead atoms. The van der Waals surface area contributed by atoms with E-state index in [-0.39, 0.29) is 0 Å². The SMILES string of the molecule is Clc1c2c(nc3ccc(C4CCCCC4)cc13)CCCC2. The number of fused-ring (bicyclic) bond motifs is 2. The van der Waals surface area contributed by atoms with Crippen molar-refractivity contribution in [2.75, 3.05) is 0 Å². The molecule has 0 radical (unpaired) electrons. The molecule has 1 saturated carbocycles. The number of hydrogen-bond acceptors (Lipinski definition) is 1. The van der Waals surface area contributed by atoms with Gasteiger partial charge in [0.05, 0.1) is 10.5 Å². The van der Waals surface area contributed by atoms with E-state index < -0.39 is 0 Å². The highest BCUT2D eigenvalue weighted by atomic mass is 35.5. The second kappa shape index (κ2) is 5.61. The zero-order valence-electron chi connectivity index (χ0n) is 12.5. The lowest BCUT2D eigenvalue weighted by molar-refractivity contribution is 0.444. The fourth-order valence-electron chi connectivity index (χ4n) is 4.07. The first-order chi connectivity index (χ1) is 10.3. The topological polar surface area (TPSA) is 12.9 Å². The molecular weight excluding hydrogens is 278 g/mol. The van der Waals surface area contributed by atoms with Crippen LogP contribution in [0.1, 0.15) is 67.7 Å². The van der Waals surface area contributed by atoms with Crippen molar-refractivity contribution < 1.29 is 0 Å². The lowest BCUT2D eigenvalue weighted by Gasteiger charge is -2.23. The molecule has 0 saturated heterocycles. The van der Waals surface area contributed by atoms with Crippen molar-refractivity contribution >= 4 is 22.5 Å². The third kappa shape index (κ3) is 2.46. The summed E-state index contributed by atoms with van der Waals surface area (Å²) in [6.07, 6.45) is 11.5. The molecule has 2 aliphatic carbocycles. The minimum absolute atomic E-state index is 0.732. The number of pyridine rings is 1. The third-order valence-corrected chi connectivity index (χ3v) is 5.72. The summed E-state index contributed by atoms with van der Waals surface area (Å²) in [5.74, 6) is 0.732. The van der Waals surface area contributed by atoms with Gasteiger partial charge in [-0.3, -0.25) is 4.98 Å². The Morgan fingerprint density at radius 2 is 1.76 bits per heavy atom. The van der Waals surface area contributed by atoms with Crippen molar-refractivity contribution in [1.82, 2.24) is 4.98 Å². The number of aryl methyl sites for hydroxylation is 1. The normalized spacial score (nSPS) is 19.7. The summed E-state index contributed by atoms with van der Waals surface area (Å²) < 4.78 is 0. The van der Waals surface area contributed by atoms with Crippen molar-refractivity contribution in [2.24, 2.45) is 0 Å². The van der Waals surface area contributed by atoms with E-state index in [2.05, 4.69) is 18.2 Å². The van der Waals surface area contributed by atoms with Gasteiger partial charge in [0, 0.05) is 11.1 Å². The van der Waals surface area contributed by atoms with E-state index in [1.165, 1.54) is 67.2 Å². The van der Waals surface area contributed by atoms with Gasteiger partial charge in [-0.25, -0.2) is 0 Å². The number of hydrogen-bond donors (Lipinski definition) is 0. The molecule has 0 aliphatic heterocycles. The smallest absolute Gasteiger partial charge is 0.0720 e. The van der Waals surface area contributed by atoms with Crippen LogP contribution in [-0.4, -0.2) is 4.98 Å². The van der Waals surface area contributed by atoms with Gasteiger partial charge in [0.2, 0.25) is 0 Å². The van der Waals surface area contributed by atoms with E-state index in [9.17, 15) is 0 Å². The molecule has 1 fully saturated rings. The number of nitrogens with zero attached hydrogens (tertiary/aromatic N) is 1. The van der Waals surface area contributed by atoms with Gasteiger partial charge in [0.1, 0.15) is 0 Å². The minimum Gasteiger partial charge on any atom is -0.252 e. The van der Waals surface area contributed by atoms with Crippen LogP contribution in [0.2, 0.25) is 5.02 Å². The average Bonchev–Trinajstić information content (AvgIpc) is 2.56. The minimum atomic E-state index is 0.732. The van der Waals surface area contributed by atoms with Crippen molar-refractivity contribution in [3.63, 3.8) is 0 Å². The van der Waals surface area contributed by atoms with Gasteiger partial charge in [0.15, 0.2) is 0 Å². The average molecular weight is 300 g/mol. The Bertz CT molecular complexity index is 671. The quantitative estimate of drug-likeness (QED) is 0.647. The van der Waals surface area contributed by atoms with Crippen molar-refractivity contribution in [1.29, 1.82) is 0 Å². The van der Waals surface area contributed by atoms with Crippen LogP contribution in [0.4, 0.5) is 0 Å². The molecule has 2 heteroatoms. The molecule has 1 heterocycles. The highest BCUT2D eigenvalue weighted by Crippen LogP contribution is 2.37. The van der Waals surface area contributed by atoms with E-state index in [0.717, 1.165) is 29.3 Å². The monoisotopic (exact) mass is 299 g/mol. The van der Waals surface area contributed by atoms with E-state index in [1.807, 2.05) is 0 Å². The molecule has 4 rings (SSSR count). The summed E-state index contributed by atoms with van der Waals surface area (Å²) >= 11 is 6.73. The number of benzene rings is 1. The van der Waals surface area contributed by atoms with Crippen LogP contribution >= 0.6 is 11.6 Å². The highest BCUT2D eigenvalue weighted by molar-refractivity contribution is 6.36. The summed E-state index contributed by atoms with van der Waals surface area (Å²) in [7, 11) is 0. The van der Waals surface area contributed by atoms with Gasteiger partial charge in [-0.05, 0) is 67.7 Å². The summed E-state index contributed by atoms with van der Waals surface area (Å²) in [6, 6.07) is 6.81. The molecule has 2 aromatic rings. The molecule has 0 unspecified atom stereocenters. The molecule has 1 nitrogen and oxygen atoms in total. The van der Waals surface area contributed by atoms with Crippen molar-refractivity contribution in [3.05, 3.63) is 40.0 Å². The zero-order valence-corrected chi connectivity index (χ0v) is 13.3. The fourth-order valence-corrected chi connectivity index (χ4v) is 4.43. The molecule has 0 N–H and O–H groups in total. The van der Waals surface area contributed by atoms with Crippen LogP contribution in [0, 0.1) is 0 Å². The fraction of sp³-hybridized carbons (Fsp3) is 0.526. The standard InChI is InChI=1S/C19H22ClN/c20-19-15-8-4-5-9-17(15)21-18-11-10-14(12-16(18)19)13-6-2-1-3-7-13/h10-13H,1-9H2. The van der Waals surface area contributed by atoms with E-state index >= 15 is 0 Å². The first kappa shape index (κ1) is 13.6. The molecule has 0 atom stereocenters. The van der Waals surface area contributed by atoms with Crippen LogP contribution in [-0.2, 0) is 12.8 Å². The van der Waals surface area contributed by atoms with Crippen LogP contribution in [0.5, 0.6) is 0 Å². The van der Waals surface area contributed by atoms with Gasteiger partial charge in [-0.15, -0.1) is 0 Å². The van der Waals surface area contributed by atoms with Gasteiger partial charge in [0.25, 0.3) is 0 Å². The Hall–Kier alpha value is -1.08.